The van der Waals surface area contributed by atoms with Crippen LogP contribution in [0, 0.1) is 13.8 Å². The third kappa shape index (κ3) is 12.1. The van der Waals surface area contributed by atoms with Gasteiger partial charge < -0.3 is 15.8 Å². The average Bonchev–Trinajstić information content (AvgIpc) is 3.67. The molecule has 10 nitrogen and oxygen atoms in total. The Morgan fingerprint density at radius 2 is 1.73 bits per heavy atom. The highest BCUT2D eigenvalue weighted by molar-refractivity contribution is 7.17. The predicted molar refractivity (Wildman–Crippen MR) is 220 cm³/mol. The predicted octanol–water partition coefficient (Wildman–Crippen LogP) is 9.39. The van der Waals surface area contributed by atoms with Crippen LogP contribution < -0.4 is 16.5 Å². The third-order valence-electron chi connectivity index (χ3n) is 9.16. The van der Waals surface area contributed by atoms with Gasteiger partial charge in [0.15, 0.2) is 0 Å². The van der Waals surface area contributed by atoms with Crippen LogP contribution in [0.25, 0.3) is 0 Å². The van der Waals surface area contributed by atoms with Crippen LogP contribution in [0.4, 0.5) is 23.2 Å². The van der Waals surface area contributed by atoms with Crippen molar-refractivity contribution in [3.8, 4) is 0 Å². The van der Waals surface area contributed by atoms with Crippen LogP contribution in [0.1, 0.15) is 104 Å². The lowest BCUT2D eigenvalue weighted by molar-refractivity contribution is -0.137. The van der Waals surface area contributed by atoms with Gasteiger partial charge in [-0.2, -0.15) is 18.3 Å². The van der Waals surface area contributed by atoms with Crippen LogP contribution in [-0.4, -0.2) is 66.6 Å². The molecule has 5 rings (SSSR count). The summed E-state index contributed by atoms with van der Waals surface area (Å²) in [4.78, 5) is 43.7. The van der Waals surface area contributed by atoms with E-state index in [0.29, 0.717) is 34.3 Å². The zero-order chi connectivity index (χ0) is 41.0. The standard InChI is InChI=1S/C32H37ClF3N5O2S.C8H11NO2S/c1-4-40(5-2)19-23-10-9-11-24(16-23)29(42)38-31-28(21(3)27(44-31)20-41-14-7-6-8-15-41)30(43)39-37-18-22-12-13-26(33)25(17-22)32(34,35)36;1-3-11-8(10)6-5(2)4-12-7(6)9/h9-13,16-18H,4-8,14-15,19-20H2,1-3H3,(H,38,42)(H,39,43);4H,3,9H2,1-2H3. The maximum Gasteiger partial charge on any atom is 0.417 e. The van der Waals surface area contributed by atoms with Crippen molar-refractivity contribution in [2.75, 3.05) is 43.8 Å². The minimum atomic E-state index is -4.62. The van der Waals surface area contributed by atoms with Crippen LogP contribution in [0.3, 0.4) is 0 Å². The van der Waals surface area contributed by atoms with Crippen molar-refractivity contribution in [2.24, 2.45) is 5.10 Å². The number of piperidine rings is 1. The summed E-state index contributed by atoms with van der Waals surface area (Å²) in [6, 6.07) is 10.8. The fourth-order valence-corrected chi connectivity index (χ4v) is 8.32. The van der Waals surface area contributed by atoms with Crippen molar-refractivity contribution < 1.29 is 32.3 Å². The summed E-state index contributed by atoms with van der Waals surface area (Å²) in [6.07, 6.45) is -0.0835. The second-order valence-electron chi connectivity index (χ2n) is 13.1. The molecule has 0 radical (unpaired) electrons. The molecule has 56 heavy (non-hydrogen) atoms. The molecule has 4 aromatic rings. The number of thiophene rings is 2. The van der Waals surface area contributed by atoms with Crippen molar-refractivity contribution in [2.45, 2.75) is 73.1 Å². The van der Waals surface area contributed by atoms with Crippen molar-refractivity contribution in [3.63, 3.8) is 0 Å². The van der Waals surface area contributed by atoms with Gasteiger partial charge in [-0.05, 0) is 112 Å². The van der Waals surface area contributed by atoms with Crippen molar-refractivity contribution in [3.05, 3.63) is 102 Å². The number of anilines is 2. The number of aryl methyl sites for hydroxylation is 1. The molecule has 0 aliphatic carbocycles. The zero-order valence-electron chi connectivity index (χ0n) is 32.1. The van der Waals surface area contributed by atoms with E-state index in [1.54, 1.807) is 13.0 Å². The van der Waals surface area contributed by atoms with Gasteiger partial charge in [0.2, 0.25) is 0 Å². The Kier molecular flexibility index (Phi) is 16.5. The first kappa shape index (κ1) is 44.4. The number of nitrogens with zero attached hydrogens (tertiary/aromatic N) is 3. The van der Waals surface area contributed by atoms with E-state index < -0.39 is 22.7 Å². The molecule has 0 saturated carbocycles. The minimum Gasteiger partial charge on any atom is -0.462 e. The molecule has 4 N–H and O–H groups in total. The summed E-state index contributed by atoms with van der Waals surface area (Å²) in [5.74, 6) is -1.24. The zero-order valence-corrected chi connectivity index (χ0v) is 34.5. The Hall–Kier alpha value is -4.28. The summed E-state index contributed by atoms with van der Waals surface area (Å²) in [7, 11) is 0. The molecule has 16 heteroatoms. The van der Waals surface area contributed by atoms with Crippen LogP contribution in [0.15, 0.2) is 52.9 Å². The summed E-state index contributed by atoms with van der Waals surface area (Å²) in [5, 5.41) is 9.21. The van der Waals surface area contributed by atoms with Crippen molar-refractivity contribution in [1.82, 2.24) is 15.2 Å². The largest absolute Gasteiger partial charge is 0.462 e. The van der Waals surface area contributed by atoms with Crippen LogP contribution in [0.5, 0.6) is 0 Å². The normalized spacial score (nSPS) is 13.4. The molecule has 1 aliphatic rings. The number of nitrogens with two attached hydrogens (primary N) is 1. The van der Waals surface area contributed by atoms with E-state index in [0.717, 1.165) is 85.5 Å². The summed E-state index contributed by atoms with van der Waals surface area (Å²) >= 11 is 8.43. The number of halogens is 4. The molecule has 0 unspecified atom stereocenters. The SMILES string of the molecule is CCN(CC)Cc1cccc(C(=O)Nc2sc(CN3CCCCC3)c(C)c2C(=O)NN=Cc2ccc(Cl)c(C(F)(F)F)c2)c1.CCOC(=O)c1c(C)csc1N. The lowest BCUT2D eigenvalue weighted by Crippen LogP contribution is -2.29. The number of esters is 1. The van der Waals surface area contributed by atoms with Crippen LogP contribution >= 0.6 is 34.3 Å². The monoisotopic (exact) mass is 832 g/mol. The van der Waals surface area contributed by atoms with Gasteiger partial charge in [-0.1, -0.05) is 50.1 Å². The molecule has 2 aromatic carbocycles. The number of nitrogens with one attached hydrogen (secondary N) is 2. The molecular weight excluding hydrogens is 785 g/mol. The lowest BCUT2D eigenvalue weighted by atomic mass is 10.1. The highest BCUT2D eigenvalue weighted by Crippen LogP contribution is 2.36. The Balaban J connectivity index is 0.000000494. The molecule has 1 saturated heterocycles. The number of benzene rings is 2. The maximum atomic E-state index is 13.4. The number of carbonyl (C=O) groups is 3. The summed E-state index contributed by atoms with van der Waals surface area (Å²) in [5.41, 5.74) is 11.0. The average molecular weight is 833 g/mol. The first-order valence-electron chi connectivity index (χ1n) is 18.3. The number of hydrogen-bond donors (Lipinski definition) is 3. The number of carbonyl (C=O) groups excluding carboxylic acids is 3. The van der Waals surface area contributed by atoms with E-state index in [4.69, 9.17) is 22.1 Å². The summed E-state index contributed by atoms with van der Waals surface area (Å²) < 4.78 is 44.6. The number of rotatable bonds is 13. The number of hydrogen-bond acceptors (Lipinski definition) is 10. The van der Waals surface area contributed by atoms with E-state index in [-0.39, 0.29) is 23.0 Å². The molecule has 0 atom stereocenters. The van der Waals surface area contributed by atoms with E-state index in [1.807, 2.05) is 37.4 Å². The second kappa shape index (κ2) is 20.8. The van der Waals surface area contributed by atoms with Gasteiger partial charge in [-0.15, -0.1) is 22.7 Å². The van der Waals surface area contributed by atoms with Gasteiger partial charge >= 0.3 is 12.1 Å². The third-order valence-corrected chi connectivity index (χ3v) is 11.6. The van der Waals surface area contributed by atoms with Gasteiger partial charge in [0.05, 0.1) is 34.5 Å². The fraction of sp³-hybridized carbons (Fsp3) is 0.400. The minimum absolute atomic E-state index is 0.118. The van der Waals surface area contributed by atoms with Gasteiger partial charge in [-0.25, -0.2) is 10.2 Å². The van der Waals surface area contributed by atoms with Gasteiger partial charge in [-0.3, -0.25) is 19.4 Å². The van der Waals surface area contributed by atoms with E-state index in [2.05, 4.69) is 39.5 Å². The molecular formula is C40H48ClF3N6O4S2. The quantitative estimate of drug-likeness (QED) is 0.0696. The maximum absolute atomic E-state index is 13.4. The van der Waals surface area contributed by atoms with Gasteiger partial charge in [0.25, 0.3) is 11.8 Å². The number of hydrazone groups is 1. The molecule has 2 amide bonds. The number of nitrogen functional groups attached to an aromatic ring is 1. The number of amides is 2. The van der Waals surface area contributed by atoms with Crippen LogP contribution in [-0.2, 0) is 24.0 Å². The number of likely N-dealkylation sites (tertiary alicyclic amines) is 1. The summed E-state index contributed by atoms with van der Waals surface area (Å²) in [6.45, 7) is 15.1. The Morgan fingerprint density at radius 1 is 1.02 bits per heavy atom. The van der Waals surface area contributed by atoms with Crippen LogP contribution in [0.2, 0.25) is 5.02 Å². The Labute approximate surface area is 338 Å². The molecule has 1 aliphatic heterocycles. The van der Waals surface area contributed by atoms with Crippen molar-refractivity contribution >= 4 is 68.3 Å². The highest BCUT2D eigenvalue weighted by atomic mass is 35.5. The topological polar surface area (TPSA) is 129 Å². The molecule has 2 aromatic heterocycles. The van der Waals surface area contributed by atoms with Crippen molar-refractivity contribution in [1.29, 1.82) is 0 Å². The lowest BCUT2D eigenvalue weighted by Gasteiger charge is -2.26. The van der Waals surface area contributed by atoms with E-state index >= 15 is 0 Å². The molecule has 1 fully saturated rings. The van der Waals surface area contributed by atoms with E-state index in [9.17, 15) is 27.6 Å². The molecule has 0 spiro atoms. The smallest absolute Gasteiger partial charge is 0.417 e. The van der Waals surface area contributed by atoms with E-state index in [1.165, 1.54) is 35.2 Å². The first-order valence-corrected chi connectivity index (χ1v) is 20.4. The Morgan fingerprint density at radius 3 is 2.36 bits per heavy atom. The fourth-order valence-electron chi connectivity index (χ4n) is 6.08. The molecule has 3 heterocycles. The highest BCUT2D eigenvalue weighted by Gasteiger charge is 2.33. The first-order chi connectivity index (χ1) is 26.7. The number of ether oxygens (including phenoxy) is 1. The molecule has 0 bridgehead atoms. The Bertz CT molecular complexity index is 1990. The van der Waals surface area contributed by atoms with Gasteiger partial charge in [0.1, 0.15) is 10.0 Å². The second-order valence-corrected chi connectivity index (χ2v) is 15.5. The van der Waals surface area contributed by atoms with Gasteiger partial charge in [0, 0.05) is 23.5 Å². The molecule has 302 valence electrons. The number of alkyl halides is 3.